The number of hydrogen-bond acceptors (Lipinski definition) is 3. The number of hydrogen-bond donors (Lipinski definition) is 1. The molecule has 2 nitrogen and oxygen atoms in total. The van der Waals surface area contributed by atoms with Crippen molar-refractivity contribution in [3.63, 3.8) is 0 Å². The maximum absolute atomic E-state index is 4.64. The van der Waals surface area contributed by atoms with Crippen LogP contribution in [-0.4, -0.2) is 11.5 Å². The number of nitrogens with one attached hydrogen (secondary N) is 1. The molecule has 102 valence electrons. The van der Waals surface area contributed by atoms with Gasteiger partial charge < -0.3 is 5.32 Å². The molecule has 0 spiro atoms. The number of thiazole rings is 1. The first kappa shape index (κ1) is 14.0. The maximum atomic E-state index is 4.64. The highest BCUT2D eigenvalue weighted by Crippen LogP contribution is 2.37. The Hall–Kier alpha value is -0.410. The summed E-state index contributed by atoms with van der Waals surface area (Å²) in [4.78, 5) is 6.03. The van der Waals surface area contributed by atoms with Crippen molar-refractivity contribution in [1.82, 2.24) is 10.3 Å². The summed E-state index contributed by atoms with van der Waals surface area (Å²) >= 11 is 1.92. The molecule has 3 heteroatoms. The van der Waals surface area contributed by atoms with Crippen molar-refractivity contribution in [3.8, 4) is 0 Å². The quantitative estimate of drug-likeness (QED) is 0.864. The van der Waals surface area contributed by atoms with Crippen LogP contribution in [0.2, 0.25) is 0 Å². The molecule has 0 aromatic carbocycles. The zero-order chi connectivity index (χ0) is 13.0. The molecule has 1 aromatic rings. The van der Waals surface area contributed by atoms with E-state index in [0.29, 0.717) is 0 Å². The van der Waals surface area contributed by atoms with Gasteiger partial charge in [-0.05, 0) is 31.2 Å². The van der Waals surface area contributed by atoms with Gasteiger partial charge in [-0.25, -0.2) is 4.98 Å². The highest BCUT2D eigenvalue weighted by molar-refractivity contribution is 7.11. The molecule has 2 rings (SSSR count). The van der Waals surface area contributed by atoms with Crippen molar-refractivity contribution in [2.45, 2.75) is 58.9 Å². The molecule has 0 saturated heterocycles. The second-order valence-electron chi connectivity index (χ2n) is 6.15. The van der Waals surface area contributed by atoms with Gasteiger partial charge in [0.15, 0.2) is 0 Å². The average molecular weight is 266 g/mol. The van der Waals surface area contributed by atoms with Gasteiger partial charge in [-0.2, -0.15) is 0 Å². The fraction of sp³-hybridized carbons (Fsp3) is 0.800. The lowest BCUT2D eigenvalue weighted by molar-refractivity contribution is 0.347. The molecule has 0 bridgehead atoms. The lowest BCUT2D eigenvalue weighted by Crippen LogP contribution is -2.18. The van der Waals surface area contributed by atoms with Gasteiger partial charge in [0, 0.05) is 23.5 Å². The second kappa shape index (κ2) is 6.67. The van der Waals surface area contributed by atoms with Crippen LogP contribution in [0.15, 0.2) is 6.20 Å². The fourth-order valence-electron chi connectivity index (χ4n) is 2.58. The first-order chi connectivity index (χ1) is 8.65. The summed E-state index contributed by atoms with van der Waals surface area (Å²) in [5.74, 6) is 2.38. The van der Waals surface area contributed by atoms with Crippen molar-refractivity contribution >= 4 is 11.3 Å². The Morgan fingerprint density at radius 2 is 2.06 bits per heavy atom. The standard InChI is InChI=1S/C15H26N2S/c1-11(2)8-16-9-14-10-17-15(18-14)13-6-4-12(3)5-7-13/h10-13,16H,4-9H2,1-3H3. The smallest absolute Gasteiger partial charge is 0.0959 e. The average Bonchev–Trinajstić information content (AvgIpc) is 2.78. The second-order valence-corrected chi connectivity index (χ2v) is 7.29. The first-order valence-electron chi connectivity index (χ1n) is 7.30. The van der Waals surface area contributed by atoms with E-state index in [0.717, 1.165) is 30.8 Å². The van der Waals surface area contributed by atoms with E-state index in [4.69, 9.17) is 0 Å². The summed E-state index contributed by atoms with van der Waals surface area (Å²) in [5, 5.41) is 4.87. The molecule has 0 unspecified atom stereocenters. The molecule has 1 fully saturated rings. The predicted octanol–water partition coefficient (Wildman–Crippen LogP) is 4.18. The normalized spacial score (nSPS) is 24.7. The summed E-state index contributed by atoms with van der Waals surface area (Å²) in [6.45, 7) is 8.94. The van der Waals surface area contributed by atoms with Gasteiger partial charge in [-0.15, -0.1) is 11.3 Å². The third kappa shape index (κ3) is 4.06. The van der Waals surface area contributed by atoms with E-state index in [1.165, 1.54) is 35.6 Å². The molecule has 18 heavy (non-hydrogen) atoms. The highest BCUT2D eigenvalue weighted by Gasteiger charge is 2.22. The van der Waals surface area contributed by atoms with E-state index < -0.39 is 0 Å². The van der Waals surface area contributed by atoms with Crippen molar-refractivity contribution in [2.24, 2.45) is 11.8 Å². The van der Waals surface area contributed by atoms with Crippen LogP contribution in [-0.2, 0) is 6.54 Å². The topological polar surface area (TPSA) is 24.9 Å². The van der Waals surface area contributed by atoms with Gasteiger partial charge >= 0.3 is 0 Å². The van der Waals surface area contributed by atoms with Crippen molar-refractivity contribution in [3.05, 3.63) is 16.1 Å². The summed E-state index contributed by atoms with van der Waals surface area (Å²) in [6, 6.07) is 0. The van der Waals surface area contributed by atoms with Crippen LogP contribution >= 0.6 is 11.3 Å². The van der Waals surface area contributed by atoms with Gasteiger partial charge in [0.25, 0.3) is 0 Å². The van der Waals surface area contributed by atoms with Crippen molar-refractivity contribution in [2.75, 3.05) is 6.54 Å². The van der Waals surface area contributed by atoms with E-state index in [1.807, 2.05) is 11.3 Å². The Balaban J connectivity index is 1.82. The monoisotopic (exact) mass is 266 g/mol. The van der Waals surface area contributed by atoms with Gasteiger partial charge in [-0.1, -0.05) is 33.6 Å². The number of aromatic nitrogens is 1. The van der Waals surface area contributed by atoms with Crippen LogP contribution < -0.4 is 5.32 Å². The van der Waals surface area contributed by atoms with Crippen LogP contribution in [0.5, 0.6) is 0 Å². The van der Waals surface area contributed by atoms with Crippen LogP contribution in [0, 0.1) is 11.8 Å². The van der Waals surface area contributed by atoms with Crippen LogP contribution in [0.4, 0.5) is 0 Å². The first-order valence-corrected chi connectivity index (χ1v) is 8.12. The molecule has 1 aromatic heterocycles. The van der Waals surface area contributed by atoms with E-state index >= 15 is 0 Å². The van der Waals surface area contributed by atoms with E-state index in [1.54, 1.807) is 0 Å². The minimum absolute atomic E-state index is 0.720. The summed E-state index contributed by atoms with van der Waals surface area (Å²) in [5.41, 5.74) is 0. The van der Waals surface area contributed by atoms with Crippen LogP contribution in [0.3, 0.4) is 0 Å². The molecule has 1 aliphatic rings. The molecular formula is C15H26N2S. The molecule has 0 amide bonds. The molecule has 0 atom stereocenters. The van der Waals surface area contributed by atoms with Crippen LogP contribution in [0.25, 0.3) is 0 Å². The van der Waals surface area contributed by atoms with Gasteiger partial charge in [-0.3, -0.25) is 0 Å². The Morgan fingerprint density at radius 1 is 1.33 bits per heavy atom. The van der Waals surface area contributed by atoms with E-state index in [2.05, 4.69) is 37.3 Å². The fourth-order valence-corrected chi connectivity index (χ4v) is 3.64. The predicted molar refractivity (Wildman–Crippen MR) is 79.0 cm³/mol. The number of nitrogens with zero attached hydrogens (tertiary/aromatic N) is 1. The van der Waals surface area contributed by atoms with E-state index in [9.17, 15) is 0 Å². The van der Waals surface area contributed by atoms with Gasteiger partial charge in [0.2, 0.25) is 0 Å². The summed E-state index contributed by atoms with van der Waals surface area (Å²) in [6.07, 6.45) is 7.52. The Morgan fingerprint density at radius 3 is 2.72 bits per heavy atom. The van der Waals surface area contributed by atoms with Crippen LogP contribution in [0.1, 0.15) is 62.3 Å². The van der Waals surface area contributed by atoms with Gasteiger partial charge in [0.1, 0.15) is 0 Å². The maximum Gasteiger partial charge on any atom is 0.0959 e. The lowest BCUT2D eigenvalue weighted by atomic mass is 9.83. The van der Waals surface area contributed by atoms with Crippen molar-refractivity contribution in [1.29, 1.82) is 0 Å². The van der Waals surface area contributed by atoms with Gasteiger partial charge in [0.05, 0.1) is 5.01 Å². The molecule has 0 radical (unpaired) electrons. The zero-order valence-corrected chi connectivity index (χ0v) is 12.7. The third-order valence-corrected chi connectivity index (χ3v) is 4.95. The summed E-state index contributed by atoms with van der Waals surface area (Å²) in [7, 11) is 0. The zero-order valence-electron chi connectivity index (χ0n) is 11.9. The molecule has 1 heterocycles. The molecule has 1 N–H and O–H groups in total. The minimum atomic E-state index is 0.720. The Bertz CT molecular complexity index is 351. The third-order valence-electron chi connectivity index (χ3n) is 3.79. The SMILES string of the molecule is CC(C)CNCc1cnc(C2CCC(C)CC2)s1. The number of rotatable bonds is 5. The molecular weight excluding hydrogens is 240 g/mol. The highest BCUT2D eigenvalue weighted by atomic mass is 32.1. The summed E-state index contributed by atoms with van der Waals surface area (Å²) < 4.78 is 0. The van der Waals surface area contributed by atoms with Crippen molar-refractivity contribution < 1.29 is 0 Å². The Labute approximate surface area is 115 Å². The molecule has 1 aliphatic carbocycles. The largest absolute Gasteiger partial charge is 0.312 e. The lowest BCUT2D eigenvalue weighted by Gasteiger charge is -2.24. The molecule has 1 saturated carbocycles. The van der Waals surface area contributed by atoms with E-state index in [-0.39, 0.29) is 0 Å². The molecule has 0 aliphatic heterocycles. The minimum Gasteiger partial charge on any atom is -0.312 e. The Kier molecular flexibility index (Phi) is 5.19.